The Hall–Kier alpha value is -4.41. The van der Waals surface area contributed by atoms with Crippen molar-refractivity contribution in [1.29, 1.82) is 0 Å². The fourth-order valence-corrected chi connectivity index (χ4v) is 4.89. The van der Waals surface area contributed by atoms with E-state index in [0.717, 1.165) is 37.0 Å². The van der Waals surface area contributed by atoms with Crippen LogP contribution in [-0.2, 0) is 9.59 Å². The standard InChI is InChI=1S/C28H32N8O3/c1-28(2,3)23(37)16-35-22-14-7-6-13-21(22)25(18-9-4-5-10-18)32-36(27(35)39)17-24(38)29-20-12-8-11-19(15-20)26-30-33-34-31-26/h6-8,11-15,18H,4-5,9-10,16-17H2,1-3H3,(H,29,38)(H,30,31,33,34). The first-order valence-electron chi connectivity index (χ1n) is 13.1. The van der Waals surface area contributed by atoms with Gasteiger partial charge in [0, 0.05) is 28.1 Å². The molecule has 2 aromatic carbocycles. The molecule has 0 unspecified atom stereocenters. The van der Waals surface area contributed by atoms with Crippen LogP contribution in [-0.4, -0.2) is 62.2 Å². The summed E-state index contributed by atoms with van der Waals surface area (Å²) in [5.74, 6) is 0.0692. The Morgan fingerprint density at radius 1 is 1.05 bits per heavy atom. The van der Waals surface area contributed by atoms with Crippen LogP contribution in [0.25, 0.3) is 11.4 Å². The number of hydrogen-bond donors (Lipinski definition) is 2. The van der Waals surface area contributed by atoms with Gasteiger partial charge in [-0.2, -0.15) is 10.3 Å². The smallest absolute Gasteiger partial charge is 0.324 e. The van der Waals surface area contributed by atoms with Crippen molar-refractivity contribution in [2.24, 2.45) is 16.4 Å². The van der Waals surface area contributed by atoms with Crippen LogP contribution in [0.3, 0.4) is 0 Å². The minimum Gasteiger partial charge on any atom is -0.324 e. The number of aromatic nitrogens is 4. The third-order valence-corrected chi connectivity index (χ3v) is 7.07. The van der Waals surface area contributed by atoms with Crippen molar-refractivity contribution in [2.75, 3.05) is 23.3 Å². The number of hydrogen-bond acceptors (Lipinski definition) is 7. The lowest BCUT2D eigenvalue weighted by Crippen LogP contribution is -2.47. The van der Waals surface area contributed by atoms with Gasteiger partial charge < -0.3 is 5.32 Å². The molecule has 3 aromatic rings. The van der Waals surface area contributed by atoms with Crippen molar-refractivity contribution in [2.45, 2.75) is 46.5 Å². The highest BCUT2D eigenvalue weighted by Gasteiger charge is 2.36. The molecular weight excluding hydrogens is 496 g/mol. The number of hydrazone groups is 1. The molecule has 39 heavy (non-hydrogen) atoms. The number of carbonyl (C=O) groups excluding carboxylic acids is 3. The van der Waals surface area contributed by atoms with Crippen molar-refractivity contribution < 1.29 is 14.4 Å². The number of fused-ring (bicyclic) bond motifs is 1. The first-order chi connectivity index (χ1) is 18.7. The fraction of sp³-hybridized carbons (Fsp3) is 0.393. The van der Waals surface area contributed by atoms with E-state index in [1.54, 1.807) is 24.3 Å². The van der Waals surface area contributed by atoms with Gasteiger partial charge in [-0.1, -0.05) is 63.9 Å². The van der Waals surface area contributed by atoms with Crippen LogP contribution in [0.4, 0.5) is 16.2 Å². The van der Waals surface area contributed by atoms with E-state index in [-0.39, 0.29) is 24.8 Å². The molecule has 1 aliphatic carbocycles. The van der Waals surface area contributed by atoms with Gasteiger partial charge in [0.05, 0.1) is 17.9 Å². The summed E-state index contributed by atoms with van der Waals surface area (Å²) in [6, 6.07) is 14.1. The Balaban J connectivity index is 1.45. The van der Waals surface area contributed by atoms with Crippen LogP contribution in [0.2, 0.25) is 0 Å². The van der Waals surface area contributed by atoms with Crippen molar-refractivity contribution >= 4 is 34.8 Å². The maximum atomic E-state index is 13.9. The Bertz CT molecular complexity index is 1400. The van der Waals surface area contributed by atoms with Crippen LogP contribution in [0, 0.1) is 11.3 Å². The molecule has 202 valence electrons. The molecule has 2 N–H and O–H groups in total. The number of tetrazole rings is 1. The van der Waals surface area contributed by atoms with Gasteiger partial charge in [0.15, 0.2) is 5.78 Å². The van der Waals surface area contributed by atoms with Gasteiger partial charge in [0.1, 0.15) is 6.54 Å². The van der Waals surface area contributed by atoms with Gasteiger partial charge >= 0.3 is 6.03 Å². The first kappa shape index (κ1) is 26.2. The highest BCUT2D eigenvalue weighted by atomic mass is 16.2. The fourth-order valence-electron chi connectivity index (χ4n) is 4.89. The van der Waals surface area contributed by atoms with E-state index >= 15 is 0 Å². The largest absolute Gasteiger partial charge is 0.345 e. The summed E-state index contributed by atoms with van der Waals surface area (Å²) in [5, 5.41) is 22.8. The molecule has 0 atom stereocenters. The lowest BCUT2D eigenvalue weighted by Gasteiger charge is -2.28. The molecular formula is C28H32N8O3. The van der Waals surface area contributed by atoms with E-state index < -0.39 is 17.4 Å². The summed E-state index contributed by atoms with van der Waals surface area (Å²) in [4.78, 5) is 41.7. The van der Waals surface area contributed by atoms with E-state index in [4.69, 9.17) is 5.10 Å². The summed E-state index contributed by atoms with van der Waals surface area (Å²) in [7, 11) is 0. The minimum absolute atomic E-state index is 0.0855. The maximum absolute atomic E-state index is 13.9. The number of ketones is 1. The molecule has 1 saturated carbocycles. The molecule has 0 radical (unpaired) electrons. The highest BCUT2D eigenvalue weighted by molar-refractivity contribution is 6.13. The molecule has 3 amide bonds. The topological polar surface area (TPSA) is 137 Å². The summed E-state index contributed by atoms with van der Waals surface area (Å²) in [6.07, 6.45) is 4.10. The number of para-hydroxylation sites is 1. The third kappa shape index (κ3) is 5.71. The predicted octanol–water partition coefficient (Wildman–Crippen LogP) is 4.26. The van der Waals surface area contributed by atoms with Gasteiger partial charge in [0.25, 0.3) is 0 Å². The Morgan fingerprint density at radius 3 is 2.54 bits per heavy atom. The second-order valence-corrected chi connectivity index (χ2v) is 10.9. The molecule has 0 bridgehead atoms. The first-order valence-corrected chi connectivity index (χ1v) is 13.1. The molecule has 0 spiro atoms. The van der Waals surface area contributed by atoms with E-state index in [1.807, 2.05) is 45.0 Å². The Labute approximate surface area is 226 Å². The number of amides is 3. The van der Waals surface area contributed by atoms with Crippen molar-refractivity contribution in [3.05, 3.63) is 54.1 Å². The van der Waals surface area contributed by atoms with Crippen molar-refractivity contribution in [1.82, 2.24) is 25.6 Å². The van der Waals surface area contributed by atoms with Crippen molar-refractivity contribution in [3.8, 4) is 11.4 Å². The number of anilines is 2. The van der Waals surface area contributed by atoms with Gasteiger partial charge in [-0.3, -0.25) is 14.5 Å². The molecule has 0 saturated heterocycles. The predicted molar refractivity (Wildman–Crippen MR) is 147 cm³/mol. The number of Topliss-reactive ketones (excluding diaryl/α,β-unsaturated/α-hetero) is 1. The number of carbonyl (C=O) groups is 3. The second kappa shape index (κ2) is 10.8. The lowest BCUT2D eigenvalue weighted by molar-refractivity contribution is -0.124. The van der Waals surface area contributed by atoms with Crippen LogP contribution >= 0.6 is 0 Å². The third-order valence-electron chi connectivity index (χ3n) is 7.07. The number of aromatic amines is 1. The van der Waals surface area contributed by atoms with E-state index in [2.05, 4.69) is 25.9 Å². The molecule has 1 fully saturated rings. The normalized spacial score (nSPS) is 16.1. The van der Waals surface area contributed by atoms with Crippen LogP contribution in [0.15, 0.2) is 53.6 Å². The maximum Gasteiger partial charge on any atom is 0.345 e. The van der Waals surface area contributed by atoms with E-state index in [9.17, 15) is 14.4 Å². The van der Waals surface area contributed by atoms with Gasteiger partial charge in [-0.05, 0) is 36.3 Å². The zero-order valence-corrected chi connectivity index (χ0v) is 22.3. The van der Waals surface area contributed by atoms with Crippen LogP contribution < -0.4 is 10.2 Å². The lowest BCUT2D eigenvalue weighted by atomic mass is 9.90. The van der Waals surface area contributed by atoms with Crippen molar-refractivity contribution in [3.63, 3.8) is 0 Å². The number of H-pyrrole nitrogens is 1. The summed E-state index contributed by atoms with van der Waals surface area (Å²) < 4.78 is 0. The molecule has 5 rings (SSSR count). The summed E-state index contributed by atoms with van der Waals surface area (Å²) in [5.41, 5.74) is 2.82. The molecule has 2 heterocycles. The highest BCUT2D eigenvalue weighted by Crippen LogP contribution is 2.35. The molecule has 1 aliphatic heterocycles. The Kier molecular flexibility index (Phi) is 7.23. The number of urea groups is 1. The molecule has 11 heteroatoms. The molecule has 1 aromatic heterocycles. The minimum atomic E-state index is -0.636. The monoisotopic (exact) mass is 528 g/mol. The van der Waals surface area contributed by atoms with Crippen LogP contribution in [0.5, 0.6) is 0 Å². The van der Waals surface area contributed by atoms with E-state index in [0.29, 0.717) is 22.8 Å². The van der Waals surface area contributed by atoms with Gasteiger partial charge in [0.2, 0.25) is 11.7 Å². The number of rotatable bonds is 7. The van der Waals surface area contributed by atoms with Gasteiger partial charge in [-0.25, -0.2) is 9.80 Å². The second-order valence-electron chi connectivity index (χ2n) is 10.9. The van der Waals surface area contributed by atoms with Gasteiger partial charge in [-0.15, -0.1) is 10.2 Å². The van der Waals surface area contributed by atoms with Crippen LogP contribution in [0.1, 0.15) is 52.0 Å². The molecule has 11 nitrogen and oxygen atoms in total. The zero-order chi connectivity index (χ0) is 27.6. The summed E-state index contributed by atoms with van der Waals surface area (Å²) >= 11 is 0. The quantitative estimate of drug-likeness (QED) is 0.470. The molecule has 2 aliphatic rings. The Morgan fingerprint density at radius 2 is 1.82 bits per heavy atom. The zero-order valence-electron chi connectivity index (χ0n) is 22.3. The van der Waals surface area contributed by atoms with E-state index in [1.165, 1.54) is 9.91 Å². The SMILES string of the molecule is CC(C)(C)C(=O)CN1C(=O)N(CC(=O)Nc2cccc(-c3nn[nH]n3)c2)N=C(C2CCCC2)c2ccccc21. The number of benzene rings is 2. The average molecular weight is 529 g/mol. The number of nitrogens with zero attached hydrogens (tertiary/aromatic N) is 6. The average Bonchev–Trinajstić information content (AvgIpc) is 3.62. The number of nitrogens with one attached hydrogen (secondary N) is 2. The summed E-state index contributed by atoms with van der Waals surface area (Å²) in [6.45, 7) is 5.07.